The van der Waals surface area contributed by atoms with E-state index >= 15 is 0 Å². The van der Waals surface area contributed by atoms with Crippen LogP contribution in [0.2, 0.25) is 5.02 Å². The second-order valence-electron chi connectivity index (χ2n) is 7.69. The van der Waals surface area contributed by atoms with Gasteiger partial charge in [0, 0.05) is 67.7 Å². The lowest BCUT2D eigenvalue weighted by Gasteiger charge is -2.34. The van der Waals surface area contributed by atoms with Gasteiger partial charge in [-0.3, -0.25) is 9.69 Å². The molecule has 0 atom stereocenters. The van der Waals surface area contributed by atoms with Crippen molar-refractivity contribution in [3.8, 4) is 5.75 Å². The fraction of sp³-hybridized carbons (Fsp3) is 0.409. The molecular weight excluding hydrogens is 434 g/mol. The summed E-state index contributed by atoms with van der Waals surface area (Å²) in [6.45, 7) is 9.17. The van der Waals surface area contributed by atoms with Crippen LogP contribution in [-0.2, 0) is 11.3 Å². The standard InChI is InChI=1S/C22H28ClN5O4/c1-16(2)24-20-7-8-28(25-20)22(31)27-11-9-26(10-12-27)15-17-5-6-18(23)14-19(17)32-13-3-4-21(29)30/h5-8,14H,1,3-4,9-13,15H2,2H3,(H,24,25)(H,29,30). The van der Waals surface area contributed by atoms with Gasteiger partial charge in [-0.2, -0.15) is 4.68 Å². The smallest absolute Gasteiger partial charge is 0.344 e. The van der Waals surface area contributed by atoms with Gasteiger partial charge in [-0.15, -0.1) is 5.10 Å². The van der Waals surface area contributed by atoms with Crippen LogP contribution < -0.4 is 10.1 Å². The molecule has 2 aromatic rings. The summed E-state index contributed by atoms with van der Waals surface area (Å²) in [6, 6.07) is 7.07. The molecule has 1 aliphatic rings. The Labute approximate surface area is 192 Å². The minimum absolute atomic E-state index is 0.0624. The Morgan fingerprint density at radius 2 is 2.00 bits per heavy atom. The van der Waals surface area contributed by atoms with Gasteiger partial charge in [0.2, 0.25) is 0 Å². The number of carbonyl (C=O) groups is 2. The molecule has 0 spiro atoms. The zero-order chi connectivity index (χ0) is 23.1. The predicted octanol–water partition coefficient (Wildman–Crippen LogP) is 3.51. The number of allylic oxidation sites excluding steroid dienone is 1. The van der Waals surface area contributed by atoms with Gasteiger partial charge in [0.05, 0.1) is 6.61 Å². The first kappa shape index (κ1) is 23.6. The maximum absolute atomic E-state index is 12.7. The number of benzene rings is 1. The van der Waals surface area contributed by atoms with Crippen LogP contribution in [-0.4, -0.2) is 69.5 Å². The van der Waals surface area contributed by atoms with Crippen LogP contribution in [0.3, 0.4) is 0 Å². The first-order chi connectivity index (χ1) is 15.3. The lowest BCUT2D eigenvalue weighted by molar-refractivity contribution is -0.137. The molecule has 0 unspecified atom stereocenters. The number of nitrogens with zero attached hydrogens (tertiary/aromatic N) is 4. The van der Waals surface area contributed by atoms with E-state index in [0.717, 1.165) is 11.3 Å². The van der Waals surface area contributed by atoms with Crippen LogP contribution in [0.15, 0.2) is 42.7 Å². The highest BCUT2D eigenvalue weighted by Crippen LogP contribution is 2.25. The molecule has 2 N–H and O–H groups in total. The average molecular weight is 462 g/mol. The van der Waals surface area contributed by atoms with Crippen LogP contribution in [0.1, 0.15) is 25.3 Å². The summed E-state index contributed by atoms with van der Waals surface area (Å²) in [7, 11) is 0. The Kier molecular flexibility index (Phi) is 8.13. The summed E-state index contributed by atoms with van der Waals surface area (Å²) in [5.41, 5.74) is 1.73. The molecule has 0 radical (unpaired) electrons. The Hall–Kier alpha value is -3.04. The fourth-order valence-corrected chi connectivity index (χ4v) is 3.56. The van der Waals surface area contributed by atoms with Crippen molar-refractivity contribution in [3.63, 3.8) is 0 Å². The third-order valence-electron chi connectivity index (χ3n) is 4.99. The minimum Gasteiger partial charge on any atom is -0.493 e. The summed E-state index contributed by atoms with van der Waals surface area (Å²) in [5, 5.41) is 16.6. The molecule has 0 saturated carbocycles. The van der Waals surface area contributed by atoms with Gasteiger partial charge in [0.1, 0.15) is 5.75 Å². The quantitative estimate of drug-likeness (QED) is 0.551. The highest BCUT2D eigenvalue weighted by molar-refractivity contribution is 6.30. The SMILES string of the molecule is C=C(C)Nc1ccn(C(=O)N2CCN(Cc3ccc(Cl)cc3OCCCC(=O)O)CC2)n1. The molecule has 0 aliphatic carbocycles. The van der Waals surface area contributed by atoms with Crippen molar-refractivity contribution in [2.24, 2.45) is 0 Å². The van der Waals surface area contributed by atoms with E-state index in [1.807, 2.05) is 19.1 Å². The first-order valence-corrected chi connectivity index (χ1v) is 10.8. The third kappa shape index (κ3) is 6.73. The molecule has 1 aromatic heterocycles. The van der Waals surface area contributed by atoms with E-state index in [1.54, 1.807) is 23.2 Å². The molecule has 172 valence electrons. The number of nitrogens with one attached hydrogen (secondary N) is 1. The normalized spacial score (nSPS) is 14.2. The monoisotopic (exact) mass is 461 g/mol. The summed E-state index contributed by atoms with van der Waals surface area (Å²) < 4.78 is 7.13. The Balaban J connectivity index is 1.53. The molecule has 3 rings (SSSR count). The second kappa shape index (κ2) is 11.0. The highest BCUT2D eigenvalue weighted by Gasteiger charge is 2.23. The van der Waals surface area contributed by atoms with Crippen LogP contribution >= 0.6 is 11.6 Å². The van der Waals surface area contributed by atoms with Crippen molar-refractivity contribution < 1.29 is 19.4 Å². The van der Waals surface area contributed by atoms with E-state index < -0.39 is 5.97 Å². The van der Waals surface area contributed by atoms with Gasteiger partial charge in [-0.05, 0) is 25.5 Å². The zero-order valence-corrected chi connectivity index (χ0v) is 18.8. The summed E-state index contributed by atoms with van der Waals surface area (Å²) in [4.78, 5) is 27.4. The van der Waals surface area contributed by atoms with E-state index in [1.165, 1.54) is 4.68 Å². The van der Waals surface area contributed by atoms with Crippen LogP contribution in [0, 0.1) is 0 Å². The minimum atomic E-state index is -0.842. The van der Waals surface area contributed by atoms with Gasteiger partial charge >= 0.3 is 12.0 Å². The molecular formula is C22H28ClN5O4. The first-order valence-electron chi connectivity index (χ1n) is 10.4. The van der Waals surface area contributed by atoms with Gasteiger partial charge < -0.3 is 20.1 Å². The molecule has 1 amide bonds. The number of piperazine rings is 1. The summed E-state index contributed by atoms with van der Waals surface area (Å²) in [5.74, 6) is 0.407. The lowest BCUT2D eigenvalue weighted by atomic mass is 10.1. The predicted molar refractivity (Wildman–Crippen MR) is 122 cm³/mol. The fourth-order valence-electron chi connectivity index (χ4n) is 3.40. The van der Waals surface area contributed by atoms with E-state index in [0.29, 0.717) is 62.3 Å². The number of anilines is 1. The number of amides is 1. The number of aliphatic carboxylic acids is 1. The number of ether oxygens (including phenoxy) is 1. The molecule has 32 heavy (non-hydrogen) atoms. The van der Waals surface area contributed by atoms with E-state index in [9.17, 15) is 9.59 Å². The zero-order valence-electron chi connectivity index (χ0n) is 18.1. The second-order valence-corrected chi connectivity index (χ2v) is 8.13. The Bertz CT molecular complexity index is 969. The van der Waals surface area contributed by atoms with Crippen LogP contribution in [0.5, 0.6) is 5.75 Å². The van der Waals surface area contributed by atoms with E-state index in [2.05, 4.69) is 21.9 Å². The number of carboxylic acid groups (broad SMARTS) is 1. The number of carboxylic acids is 1. The topological polar surface area (TPSA) is 99.9 Å². The van der Waals surface area contributed by atoms with Gasteiger partial charge in [0.25, 0.3) is 0 Å². The van der Waals surface area contributed by atoms with Crippen LogP contribution in [0.25, 0.3) is 0 Å². The molecule has 0 bridgehead atoms. The maximum atomic E-state index is 12.7. The van der Waals surface area contributed by atoms with Crippen molar-refractivity contribution in [2.75, 3.05) is 38.1 Å². The lowest BCUT2D eigenvalue weighted by Crippen LogP contribution is -2.49. The molecule has 2 heterocycles. The average Bonchev–Trinajstić information content (AvgIpc) is 3.20. The number of carbonyl (C=O) groups excluding carboxylic acids is 1. The van der Waals surface area contributed by atoms with Gasteiger partial charge in [-0.1, -0.05) is 24.2 Å². The summed E-state index contributed by atoms with van der Waals surface area (Å²) >= 11 is 6.12. The highest BCUT2D eigenvalue weighted by atomic mass is 35.5. The van der Waals surface area contributed by atoms with Crippen molar-refractivity contribution in [2.45, 2.75) is 26.3 Å². The maximum Gasteiger partial charge on any atom is 0.344 e. The number of halogens is 1. The van der Waals surface area contributed by atoms with Gasteiger partial charge in [0.15, 0.2) is 5.82 Å². The Morgan fingerprint density at radius 3 is 2.69 bits per heavy atom. The molecule has 1 fully saturated rings. The van der Waals surface area contributed by atoms with Crippen LogP contribution in [0.4, 0.5) is 10.6 Å². The number of hydrogen-bond donors (Lipinski definition) is 2. The summed E-state index contributed by atoms with van der Waals surface area (Å²) in [6.07, 6.45) is 2.13. The largest absolute Gasteiger partial charge is 0.493 e. The number of hydrogen-bond acceptors (Lipinski definition) is 6. The van der Waals surface area contributed by atoms with Crippen molar-refractivity contribution in [3.05, 3.63) is 53.3 Å². The molecule has 10 heteroatoms. The molecule has 9 nitrogen and oxygen atoms in total. The molecule has 1 aliphatic heterocycles. The van der Waals surface area contributed by atoms with Crippen molar-refractivity contribution >= 4 is 29.4 Å². The number of rotatable bonds is 9. The molecule has 1 saturated heterocycles. The molecule has 1 aromatic carbocycles. The Morgan fingerprint density at radius 1 is 1.25 bits per heavy atom. The van der Waals surface area contributed by atoms with Gasteiger partial charge in [-0.25, -0.2) is 4.79 Å². The third-order valence-corrected chi connectivity index (χ3v) is 5.22. The van der Waals surface area contributed by atoms with E-state index in [-0.39, 0.29) is 12.5 Å². The number of aromatic nitrogens is 2. The van der Waals surface area contributed by atoms with Crippen molar-refractivity contribution in [1.82, 2.24) is 19.6 Å². The van der Waals surface area contributed by atoms with Crippen molar-refractivity contribution in [1.29, 1.82) is 0 Å². The van der Waals surface area contributed by atoms with E-state index in [4.69, 9.17) is 21.4 Å².